The van der Waals surface area contributed by atoms with Gasteiger partial charge < -0.3 is 0 Å². The van der Waals surface area contributed by atoms with E-state index >= 15 is 0 Å². The van der Waals surface area contributed by atoms with Gasteiger partial charge in [0.25, 0.3) is 0 Å². The zero-order valence-electron chi connectivity index (χ0n) is 11.3. The first-order valence-corrected chi connectivity index (χ1v) is 3.05. The average molecular weight is 143 g/mol. The monoisotopic (exact) mass is 143 g/mol. The fourth-order valence-electron chi connectivity index (χ4n) is 0.837. The first-order valence-electron chi connectivity index (χ1n) is 6.05. The van der Waals surface area contributed by atoms with E-state index in [0.29, 0.717) is 0 Å². The van der Waals surface area contributed by atoms with Crippen molar-refractivity contribution in [2.45, 2.75) is 32.1 Å². The van der Waals surface area contributed by atoms with E-state index < -0.39 is 25.7 Å². The van der Waals surface area contributed by atoms with Crippen LogP contribution in [0.4, 0.5) is 0 Å². The Morgan fingerprint density at radius 2 is 2.60 bits per heavy atom. The second kappa shape index (κ2) is 2.40. The fraction of sp³-hybridized carbons (Fsp3) is 0.714. The van der Waals surface area contributed by atoms with Crippen LogP contribution in [-0.2, 0) is 12.9 Å². The minimum Gasteiger partial charge on any atom is -0.250 e. The van der Waals surface area contributed by atoms with E-state index in [2.05, 4.69) is 10.1 Å². The van der Waals surface area contributed by atoms with Gasteiger partial charge in [0.15, 0.2) is 0 Å². The maximum absolute atomic E-state index is 7.72. The van der Waals surface area contributed by atoms with Crippen LogP contribution in [-0.4, -0.2) is 14.8 Å². The minimum atomic E-state index is -2.25. The van der Waals surface area contributed by atoms with E-state index in [-0.39, 0.29) is 12.2 Å². The zero-order valence-corrected chi connectivity index (χ0v) is 5.33. The lowest BCUT2D eigenvalue weighted by atomic mass is 10.2. The average Bonchev–Trinajstić information content (AvgIpc) is 2.46. The maximum Gasteiger partial charge on any atom is 0.138 e. The Hall–Kier alpha value is -0.860. The summed E-state index contributed by atoms with van der Waals surface area (Å²) in [6, 6.07) is 0. The van der Waals surface area contributed by atoms with Gasteiger partial charge in [-0.3, -0.25) is 4.68 Å². The number of rotatable bonds is 0. The molecule has 0 aromatic carbocycles. The maximum atomic E-state index is 7.72. The normalized spacial score (nSPS) is 42.0. The molecule has 0 radical (unpaired) electrons. The summed E-state index contributed by atoms with van der Waals surface area (Å²) in [5.74, 6) is 0.136. The molecular formula is C7H11N3. The molecule has 1 aliphatic rings. The fourth-order valence-corrected chi connectivity index (χ4v) is 0.837. The van der Waals surface area contributed by atoms with Crippen molar-refractivity contribution in [3.05, 3.63) is 12.2 Å². The molecule has 0 atom stereocenters. The SMILES string of the molecule is [2H]C1([2H])CC([2H])([2H])C([2H])([2H])Cc2ncnn21. The van der Waals surface area contributed by atoms with Gasteiger partial charge in [0.1, 0.15) is 12.2 Å². The third-order valence-electron chi connectivity index (χ3n) is 1.31. The molecule has 0 saturated carbocycles. The molecule has 0 spiro atoms. The molecule has 1 aromatic heterocycles. The summed E-state index contributed by atoms with van der Waals surface area (Å²) in [7, 11) is 0. The minimum absolute atomic E-state index is 0.136. The summed E-state index contributed by atoms with van der Waals surface area (Å²) < 4.78 is 47.0. The van der Waals surface area contributed by atoms with E-state index in [1.54, 1.807) is 0 Å². The van der Waals surface area contributed by atoms with Crippen LogP contribution in [0.5, 0.6) is 0 Å². The van der Waals surface area contributed by atoms with Crippen molar-refractivity contribution in [1.29, 1.82) is 0 Å². The summed E-state index contributed by atoms with van der Waals surface area (Å²) in [5.41, 5.74) is 0. The van der Waals surface area contributed by atoms with Gasteiger partial charge in [-0.1, -0.05) is 6.37 Å². The molecule has 10 heavy (non-hydrogen) atoms. The van der Waals surface area contributed by atoms with E-state index in [4.69, 9.17) is 8.22 Å². The Bertz CT molecular complexity index is 412. The highest BCUT2D eigenvalue weighted by molar-refractivity contribution is 4.86. The Kier molecular flexibility index (Phi) is 0.559. The van der Waals surface area contributed by atoms with Crippen LogP contribution in [0, 0.1) is 0 Å². The van der Waals surface area contributed by atoms with E-state index in [1.165, 1.54) is 0 Å². The Labute approximate surface area is 68.5 Å². The van der Waals surface area contributed by atoms with Crippen LogP contribution < -0.4 is 0 Å². The highest BCUT2D eigenvalue weighted by atomic mass is 15.3. The van der Waals surface area contributed by atoms with Crippen LogP contribution in [0.3, 0.4) is 0 Å². The summed E-state index contributed by atoms with van der Waals surface area (Å²) in [5, 5.41) is 3.70. The highest BCUT2D eigenvalue weighted by Crippen LogP contribution is 2.09. The number of aryl methyl sites for hydroxylation is 2. The predicted octanol–water partition coefficient (Wildman–Crippen LogP) is 1.00. The first-order chi connectivity index (χ1) is 7.16. The van der Waals surface area contributed by atoms with Crippen molar-refractivity contribution in [2.24, 2.45) is 0 Å². The molecule has 0 aliphatic carbocycles. The number of fused-ring (bicyclic) bond motifs is 1. The van der Waals surface area contributed by atoms with Gasteiger partial charge in [0, 0.05) is 18.4 Å². The Balaban J connectivity index is 2.54. The van der Waals surface area contributed by atoms with Crippen LogP contribution in [0.2, 0.25) is 0 Å². The van der Waals surface area contributed by atoms with Gasteiger partial charge in [-0.15, -0.1) is 0 Å². The lowest BCUT2D eigenvalue weighted by Gasteiger charge is -1.96. The zero-order chi connectivity index (χ0) is 12.2. The molecular weight excluding hydrogens is 126 g/mol. The second-order valence-electron chi connectivity index (χ2n) is 1.95. The summed E-state index contributed by atoms with van der Waals surface area (Å²) in [4.78, 5) is 3.78. The molecule has 2 rings (SSSR count). The molecule has 0 amide bonds. The highest BCUT2D eigenvalue weighted by Gasteiger charge is 2.06. The first kappa shape index (κ1) is 2.32. The molecule has 54 valence electrons. The van der Waals surface area contributed by atoms with Gasteiger partial charge in [0.05, 0.1) is 2.74 Å². The van der Waals surface area contributed by atoms with Gasteiger partial charge in [-0.05, 0) is 12.8 Å². The lowest BCUT2D eigenvalue weighted by Crippen LogP contribution is -2.01. The van der Waals surface area contributed by atoms with E-state index in [9.17, 15) is 0 Å². The number of hydrogen-bond acceptors (Lipinski definition) is 2. The second-order valence-corrected chi connectivity index (χ2v) is 1.95. The topological polar surface area (TPSA) is 30.7 Å². The van der Waals surface area contributed by atoms with Crippen molar-refractivity contribution in [3.63, 3.8) is 0 Å². The van der Waals surface area contributed by atoms with Gasteiger partial charge in [-0.25, -0.2) is 4.98 Å². The van der Waals surface area contributed by atoms with Crippen LogP contribution in [0.1, 0.15) is 33.2 Å². The van der Waals surface area contributed by atoms with Crippen LogP contribution >= 0.6 is 0 Å². The van der Waals surface area contributed by atoms with E-state index in [0.717, 1.165) is 11.0 Å². The number of hydrogen-bond donors (Lipinski definition) is 0. The Morgan fingerprint density at radius 3 is 3.60 bits per heavy atom. The summed E-state index contributed by atoms with van der Waals surface area (Å²) in [6.07, 6.45) is -4.10. The molecule has 3 nitrogen and oxygen atoms in total. The molecule has 0 unspecified atom stereocenters. The molecule has 0 N–H and O–H groups in total. The Morgan fingerprint density at radius 1 is 1.60 bits per heavy atom. The predicted molar refractivity (Wildman–Crippen MR) is 37.6 cm³/mol. The lowest BCUT2D eigenvalue weighted by molar-refractivity contribution is 0.575. The van der Waals surface area contributed by atoms with Gasteiger partial charge in [-0.2, -0.15) is 5.10 Å². The standard InChI is InChI=1S/C7H11N3/c1-2-4-7-8-6-9-10(7)5-3-1/h6H,1-5H2/i1D2,2D2,5D2. The third-order valence-corrected chi connectivity index (χ3v) is 1.31. The molecule has 0 fully saturated rings. The van der Waals surface area contributed by atoms with Crippen LogP contribution in [0.15, 0.2) is 6.33 Å². The van der Waals surface area contributed by atoms with Crippen molar-refractivity contribution >= 4 is 0 Å². The third kappa shape index (κ3) is 0.916. The molecule has 2 heterocycles. The molecule has 1 aliphatic heterocycles. The summed E-state index contributed by atoms with van der Waals surface area (Å²) >= 11 is 0. The van der Waals surface area contributed by atoms with E-state index in [1.807, 2.05) is 0 Å². The molecule has 0 saturated heterocycles. The van der Waals surface area contributed by atoms with Gasteiger partial charge >= 0.3 is 0 Å². The molecule has 3 heteroatoms. The van der Waals surface area contributed by atoms with Crippen molar-refractivity contribution in [2.75, 3.05) is 0 Å². The van der Waals surface area contributed by atoms with Crippen LogP contribution in [0.25, 0.3) is 0 Å². The number of nitrogens with zero attached hydrogens (tertiary/aromatic N) is 3. The van der Waals surface area contributed by atoms with Crippen molar-refractivity contribution < 1.29 is 8.22 Å². The molecule has 1 aromatic rings. The largest absolute Gasteiger partial charge is 0.250 e. The van der Waals surface area contributed by atoms with Crippen molar-refractivity contribution in [1.82, 2.24) is 14.8 Å². The quantitative estimate of drug-likeness (QED) is 0.542. The number of aromatic nitrogens is 3. The summed E-state index contributed by atoms with van der Waals surface area (Å²) in [6.45, 7) is -2.06. The van der Waals surface area contributed by atoms with Crippen molar-refractivity contribution in [3.8, 4) is 0 Å². The smallest absolute Gasteiger partial charge is 0.138 e. The van der Waals surface area contributed by atoms with Gasteiger partial charge in [0.2, 0.25) is 0 Å². The molecule has 0 bridgehead atoms.